The van der Waals surface area contributed by atoms with E-state index in [0.29, 0.717) is 6.54 Å². The summed E-state index contributed by atoms with van der Waals surface area (Å²) < 4.78 is 0.843. The highest BCUT2D eigenvalue weighted by Crippen LogP contribution is 2.21. The molecule has 0 saturated carbocycles. The first-order valence-electron chi connectivity index (χ1n) is 6.01. The molecule has 2 rings (SSSR count). The summed E-state index contributed by atoms with van der Waals surface area (Å²) in [5.74, 6) is 0. The zero-order chi connectivity index (χ0) is 12.8. The van der Waals surface area contributed by atoms with E-state index in [9.17, 15) is 0 Å². The number of halogens is 1. The monoisotopic (exact) mass is 280 g/mol. The summed E-state index contributed by atoms with van der Waals surface area (Å²) in [6.45, 7) is 2.41. The lowest BCUT2D eigenvalue weighted by Crippen LogP contribution is -2.14. The van der Waals surface area contributed by atoms with Gasteiger partial charge in [0.05, 0.1) is 4.34 Å². The topological polar surface area (TPSA) is 38.0 Å². The molecule has 0 spiro atoms. The van der Waals surface area contributed by atoms with Gasteiger partial charge in [-0.05, 0) is 36.2 Å². The van der Waals surface area contributed by atoms with Crippen LogP contribution in [0.1, 0.15) is 16.0 Å². The Morgan fingerprint density at radius 3 is 2.50 bits per heavy atom. The lowest BCUT2D eigenvalue weighted by atomic mass is 10.0. The molecule has 0 aliphatic rings. The van der Waals surface area contributed by atoms with Gasteiger partial charge in [-0.15, -0.1) is 11.3 Å². The summed E-state index contributed by atoms with van der Waals surface area (Å²) in [5.41, 5.74) is 8.27. The number of rotatable bonds is 6. The number of hydrogen-bond acceptors (Lipinski definition) is 3. The zero-order valence-electron chi connectivity index (χ0n) is 10.2. The number of nitrogens with two attached hydrogens (primary N) is 1. The highest BCUT2D eigenvalue weighted by molar-refractivity contribution is 7.16. The van der Waals surface area contributed by atoms with Crippen LogP contribution in [0.15, 0.2) is 36.4 Å². The van der Waals surface area contributed by atoms with E-state index in [1.165, 1.54) is 16.0 Å². The fourth-order valence-electron chi connectivity index (χ4n) is 1.90. The van der Waals surface area contributed by atoms with Crippen LogP contribution in [-0.4, -0.2) is 6.54 Å². The lowest BCUT2D eigenvalue weighted by molar-refractivity contribution is 0.694. The summed E-state index contributed by atoms with van der Waals surface area (Å²) in [5, 5.41) is 3.44. The van der Waals surface area contributed by atoms with Gasteiger partial charge in [-0.1, -0.05) is 35.9 Å². The molecule has 0 atom stereocenters. The SMILES string of the molecule is NCCc1ccccc1CNCc1ccc(Cl)s1. The molecule has 3 N–H and O–H groups in total. The van der Waals surface area contributed by atoms with Gasteiger partial charge in [0.1, 0.15) is 0 Å². The predicted molar refractivity (Wildman–Crippen MR) is 79.1 cm³/mol. The van der Waals surface area contributed by atoms with E-state index in [-0.39, 0.29) is 0 Å². The van der Waals surface area contributed by atoms with Gasteiger partial charge in [0.2, 0.25) is 0 Å². The van der Waals surface area contributed by atoms with Crippen LogP contribution in [0.4, 0.5) is 0 Å². The number of thiophene rings is 1. The minimum atomic E-state index is 0.692. The van der Waals surface area contributed by atoms with Crippen LogP contribution >= 0.6 is 22.9 Å². The van der Waals surface area contributed by atoms with Crippen molar-refractivity contribution in [2.75, 3.05) is 6.54 Å². The van der Waals surface area contributed by atoms with Crippen molar-refractivity contribution in [2.45, 2.75) is 19.5 Å². The van der Waals surface area contributed by atoms with Crippen LogP contribution in [0.25, 0.3) is 0 Å². The van der Waals surface area contributed by atoms with Gasteiger partial charge in [-0.3, -0.25) is 0 Å². The molecule has 1 aromatic heterocycles. The van der Waals surface area contributed by atoms with Crippen molar-refractivity contribution in [2.24, 2.45) is 5.73 Å². The molecule has 4 heteroatoms. The normalized spacial score (nSPS) is 10.8. The quantitative estimate of drug-likeness (QED) is 0.853. The fourth-order valence-corrected chi connectivity index (χ4v) is 2.95. The Hall–Kier alpha value is -0.870. The molecule has 0 saturated heterocycles. The minimum Gasteiger partial charge on any atom is -0.330 e. The van der Waals surface area contributed by atoms with Crippen LogP contribution in [0.5, 0.6) is 0 Å². The van der Waals surface area contributed by atoms with Crippen molar-refractivity contribution in [3.8, 4) is 0 Å². The van der Waals surface area contributed by atoms with Crippen molar-refractivity contribution in [3.05, 3.63) is 56.7 Å². The van der Waals surface area contributed by atoms with E-state index in [1.807, 2.05) is 6.07 Å². The van der Waals surface area contributed by atoms with E-state index in [2.05, 4.69) is 35.6 Å². The fraction of sp³-hybridized carbons (Fsp3) is 0.286. The second-order valence-electron chi connectivity index (χ2n) is 4.12. The highest BCUT2D eigenvalue weighted by atomic mass is 35.5. The zero-order valence-corrected chi connectivity index (χ0v) is 11.7. The molecule has 1 heterocycles. The van der Waals surface area contributed by atoms with Crippen molar-refractivity contribution >= 4 is 22.9 Å². The summed E-state index contributed by atoms with van der Waals surface area (Å²) in [6.07, 6.45) is 0.933. The first kappa shape index (κ1) is 13.6. The molecule has 0 aliphatic carbocycles. The van der Waals surface area contributed by atoms with Crippen molar-refractivity contribution in [1.29, 1.82) is 0 Å². The van der Waals surface area contributed by atoms with Gasteiger partial charge in [0.25, 0.3) is 0 Å². The molecular weight excluding hydrogens is 264 g/mol. The van der Waals surface area contributed by atoms with Crippen LogP contribution in [0.3, 0.4) is 0 Å². The number of nitrogens with one attached hydrogen (secondary N) is 1. The van der Waals surface area contributed by atoms with Crippen molar-refractivity contribution < 1.29 is 0 Å². The molecule has 96 valence electrons. The number of hydrogen-bond donors (Lipinski definition) is 2. The minimum absolute atomic E-state index is 0.692. The van der Waals surface area contributed by atoms with Gasteiger partial charge in [-0.25, -0.2) is 0 Å². The highest BCUT2D eigenvalue weighted by Gasteiger charge is 2.01. The predicted octanol–water partition coefficient (Wildman–Crippen LogP) is 3.19. The molecule has 0 aliphatic heterocycles. The van der Waals surface area contributed by atoms with E-state index >= 15 is 0 Å². The molecule has 0 fully saturated rings. The summed E-state index contributed by atoms with van der Waals surface area (Å²) in [4.78, 5) is 1.26. The molecule has 2 nitrogen and oxygen atoms in total. The van der Waals surface area contributed by atoms with E-state index in [0.717, 1.165) is 23.8 Å². The van der Waals surface area contributed by atoms with Gasteiger partial charge in [0.15, 0.2) is 0 Å². The third-order valence-electron chi connectivity index (χ3n) is 2.78. The first-order chi connectivity index (χ1) is 8.79. The summed E-state index contributed by atoms with van der Waals surface area (Å²) >= 11 is 7.52. The Labute approximate surface area is 117 Å². The second kappa shape index (κ2) is 6.90. The Morgan fingerprint density at radius 2 is 1.83 bits per heavy atom. The maximum Gasteiger partial charge on any atom is 0.0931 e. The average Bonchev–Trinajstić information content (AvgIpc) is 2.78. The molecule has 2 aromatic rings. The first-order valence-corrected chi connectivity index (χ1v) is 7.21. The lowest BCUT2D eigenvalue weighted by Gasteiger charge is -2.09. The van der Waals surface area contributed by atoms with Gasteiger partial charge in [0, 0.05) is 18.0 Å². The Bertz CT molecular complexity index is 496. The van der Waals surface area contributed by atoms with Gasteiger partial charge in [-0.2, -0.15) is 0 Å². The van der Waals surface area contributed by atoms with Gasteiger partial charge >= 0.3 is 0 Å². The van der Waals surface area contributed by atoms with Crippen molar-refractivity contribution in [1.82, 2.24) is 5.32 Å². The molecule has 0 radical (unpaired) electrons. The maximum atomic E-state index is 5.90. The Kier molecular flexibility index (Phi) is 5.20. The third kappa shape index (κ3) is 3.82. The van der Waals surface area contributed by atoms with E-state index in [4.69, 9.17) is 17.3 Å². The summed E-state index contributed by atoms with van der Waals surface area (Å²) in [7, 11) is 0. The van der Waals surface area contributed by atoms with Crippen molar-refractivity contribution in [3.63, 3.8) is 0 Å². The molecule has 0 unspecified atom stereocenters. The van der Waals surface area contributed by atoms with E-state index < -0.39 is 0 Å². The Balaban J connectivity index is 1.89. The van der Waals surface area contributed by atoms with Crippen LogP contribution < -0.4 is 11.1 Å². The Morgan fingerprint density at radius 1 is 1.06 bits per heavy atom. The molecule has 18 heavy (non-hydrogen) atoms. The largest absolute Gasteiger partial charge is 0.330 e. The average molecular weight is 281 g/mol. The molecule has 1 aromatic carbocycles. The standard InChI is InChI=1S/C14H17ClN2S/c15-14-6-5-13(18-14)10-17-9-12-4-2-1-3-11(12)7-8-16/h1-6,17H,7-10,16H2. The van der Waals surface area contributed by atoms with Crippen LogP contribution in [0, 0.1) is 0 Å². The van der Waals surface area contributed by atoms with E-state index in [1.54, 1.807) is 11.3 Å². The number of benzene rings is 1. The second-order valence-corrected chi connectivity index (χ2v) is 5.92. The molecular formula is C14H17ClN2S. The maximum absolute atomic E-state index is 5.90. The van der Waals surface area contributed by atoms with Crippen LogP contribution in [0.2, 0.25) is 4.34 Å². The summed E-state index contributed by atoms with van der Waals surface area (Å²) in [6, 6.07) is 12.4. The third-order valence-corrected chi connectivity index (χ3v) is 4.01. The van der Waals surface area contributed by atoms with Gasteiger partial charge < -0.3 is 11.1 Å². The van der Waals surface area contributed by atoms with Crippen LogP contribution in [-0.2, 0) is 19.5 Å². The molecule has 0 bridgehead atoms. The smallest absolute Gasteiger partial charge is 0.0931 e. The molecule has 0 amide bonds.